The summed E-state index contributed by atoms with van der Waals surface area (Å²) in [4.78, 5) is 2.33. The molecule has 0 radical (unpaired) electrons. The fourth-order valence-electron chi connectivity index (χ4n) is 1.97. The minimum atomic E-state index is -0.405. The number of nitrogens with zero attached hydrogens (tertiary/aromatic N) is 1. The van der Waals surface area contributed by atoms with E-state index in [1.807, 2.05) is 25.1 Å². The molecule has 16 heavy (non-hydrogen) atoms. The minimum Gasteiger partial charge on any atom is -0.389 e. The van der Waals surface area contributed by atoms with Crippen LogP contribution in [-0.4, -0.2) is 18.2 Å². The molecule has 0 amide bonds. The van der Waals surface area contributed by atoms with Crippen LogP contribution in [0, 0.1) is 5.92 Å². The van der Waals surface area contributed by atoms with Crippen LogP contribution in [0.5, 0.6) is 0 Å². The Morgan fingerprint density at radius 2 is 1.81 bits per heavy atom. The maximum absolute atomic E-state index is 9.76. The first kappa shape index (κ1) is 13.0. The minimum absolute atomic E-state index is 0.405. The lowest BCUT2D eigenvalue weighted by molar-refractivity contribution is 0.199. The molecule has 0 spiro atoms. The van der Waals surface area contributed by atoms with Crippen LogP contribution >= 0.6 is 0 Å². The molecule has 0 aliphatic rings. The van der Waals surface area contributed by atoms with Gasteiger partial charge in [-0.15, -0.1) is 0 Å². The fourth-order valence-corrected chi connectivity index (χ4v) is 1.97. The van der Waals surface area contributed by atoms with Crippen LogP contribution in [0.25, 0.3) is 0 Å². The first-order valence-electron chi connectivity index (χ1n) is 6.08. The zero-order valence-corrected chi connectivity index (χ0v) is 10.8. The largest absolute Gasteiger partial charge is 0.389 e. The van der Waals surface area contributed by atoms with Crippen molar-refractivity contribution in [2.24, 2.45) is 5.92 Å². The molecule has 1 N–H and O–H groups in total. The predicted octanol–water partition coefficient (Wildman–Crippen LogP) is 3.22. The van der Waals surface area contributed by atoms with E-state index >= 15 is 0 Å². The van der Waals surface area contributed by atoms with Crippen molar-refractivity contribution in [2.75, 3.05) is 18.0 Å². The highest BCUT2D eigenvalue weighted by molar-refractivity contribution is 5.54. The van der Waals surface area contributed by atoms with E-state index in [0.29, 0.717) is 5.92 Å². The SMILES string of the molecule is CCN(CC(C)C)c1ccccc1[C@@H](C)O. The monoisotopic (exact) mass is 221 g/mol. The molecule has 1 atom stereocenters. The quantitative estimate of drug-likeness (QED) is 0.825. The highest BCUT2D eigenvalue weighted by Crippen LogP contribution is 2.26. The van der Waals surface area contributed by atoms with Gasteiger partial charge in [0.05, 0.1) is 6.10 Å². The number of aliphatic hydroxyl groups excluding tert-OH is 1. The lowest BCUT2D eigenvalue weighted by Crippen LogP contribution is -2.28. The molecule has 1 aromatic carbocycles. The average Bonchev–Trinajstić information content (AvgIpc) is 2.25. The first-order chi connectivity index (χ1) is 7.56. The van der Waals surface area contributed by atoms with Crippen LogP contribution in [0.3, 0.4) is 0 Å². The van der Waals surface area contributed by atoms with Crippen molar-refractivity contribution >= 4 is 5.69 Å². The summed E-state index contributed by atoms with van der Waals surface area (Å²) in [6.07, 6.45) is -0.405. The van der Waals surface area contributed by atoms with Crippen LogP contribution in [0.2, 0.25) is 0 Å². The first-order valence-corrected chi connectivity index (χ1v) is 6.08. The number of rotatable bonds is 5. The third-order valence-corrected chi connectivity index (χ3v) is 2.69. The van der Waals surface area contributed by atoms with E-state index in [2.05, 4.69) is 31.7 Å². The van der Waals surface area contributed by atoms with E-state index in [9.17, 15) is 5.11 Å². The molecule has 1 rings (SSSR count). The molecule has 90 valence electrons. The van der Waals surface area contributed by atoms with Crippen molar-refractivity contribution in [1.29, 1.82) is 0 Å². The van der Waals surface area contributed by atoms with Gasteiger partial charge in [-0.25, -0.2) is 0 Å². The van der Waals surface area contributed by atoms with Crippen LogP contribution < -0.4 is 4.90 Å². The summed E-state index contributed by atoms with van der Waals surface area (Å²) in [6, 6.07) is 8.11. The van der Waals surface area contributed by atoms with Gasteiger partial charge in [-0.05, 0) is 25.8 Å². The third-order valence-electron chi connectivity index (χ3n) is 2.69. The normalized spacial score (nSPS) is 12.9. The summed E-state index contributed by atoms with van der Waals surface area (Å²) in [6.45, 7) is 10.4. The van der Waals surface area contributed by atoms with Crippen LogP contribution in [0.4, 0.5) is 5.69 Å². The zero-order valence-electron chi connectivity index (χ0n) is 10.8. The standard InChI is InChI=1S/C14H23NO/c1-5-15(10-11(2)3)14-9-7-6-8-13(14)12(4)16/h6-9,11-12,16H,5,10H2,1-4H3/t12-/m1/s1. The molecule has 0 aliphatic carbocycles. The second kappa shape index (κ2) is 5.90. The molecule has 0 saturated carbocycles. The van der Waals surface area contributed by atoms with Crippen molar-refractivity contribution in [3.05, 3.63) is 29.8 Å². The summed E-state index contributed by atoms with van der Waals surface area (Å²) in [5.74, 6) is 0.627. The Hall–Kier alpha value is -1.02. The highest BCUT2D eigenvalue weighted by Gasteiger charge is 2.13. The summed E-state index contributed by atoms with van der Waals surface area (Å²) >= 11 is 0. The summed E-state index contributed by atoms with van der Waals surface area (Å²) in [7, 11) is 0. The van der Waals surface area contributed by atoms with Crippen molar-refractivity contribution in [3.8, 4) is 0 Å². The van der Waals surface area contributed by atoms with Gasteiger partial charge in [0.25, 0.3) is 0 Å². The van der Waals surface area contributed by atoms with E-state index in [4.69, 9.17) is 0 Å². The number of anilines is 1. The molecule has 0 aromatic heterocycles. The molecular formula is C14H23NO. The topological polar surface area (TPSA) is 23.5 Å². The molecule has 1 aromatic rings. The Bertz CT molecular complexity index is 320. The summed E-state index contributed by atoms with van der Waals surface area (Å²) in [5.41, 5.74) is 2.18. The summed E-state index contributed by atoms with van der Waals surface area (Å²) < 4.78 is 0. The molecule has 2 nitrogen and oxygen atoms in total. The van der Waals surface area contributed by atoms with Gasteiger partial charge in [0, 0.05) is 24.3 Å². The molecular weight excluding hydrogens is 198 g/mol. The molecule has 0 bridgehead atoms. The number of aliphatic hydroxyl groups is 1. The van der Waals surface area contributed by atoms with Crippen LogP contribution in [0.1, 0.15) is 39.4 Å². The second-order valence-electron chi connectivity index (χ2n) is 4.67. The van der Waals surface area contributed by atoms with Crippen LogP contribution in [-0.2, 0) is 0 Å². The van der Waals surface area contributed by atoms with E-state index in [-0.39, 0.29) is 0 Å². The van der Waals surface area contributed by atoms with Gasteiger partial charge in [-0.1, -0.05) is 32.0 Å². The van der Waals surface area contributed by atoms with Crippen molar-refractivity contribution < 1.29 is 5.11 Å². The molecule has 0 fully saturated rings. The van der Waals surface area contributed by atoms with Gasteiger partial charge < -0.3 is 10.0 Å². The smallest absolute Gasteiger partial charge is 0.0781 e. The lowest BCUT2D eigenvalue weighted by Gasteiger charge is -2.28. The molecule has 2 heteroatoms. The number of hydrogen-bond acceptors (Lipinski definition) is 2. The molecule has 0 heterocycles. The van der Waals surface area contributed by atoms with Crippen molar-refractivity contribution in [2.45, 2.75) is 33.8 Å². The number of para-hydroxylation sites is 1. The van der Waals surface area contributed by atoms with Crippen molar-refractivity contribution in [1.82, 2.24) is 0 Å². The van der Waals surface area contributed by atoms with Gasteiger partial charge in [-0.3, -0.25) is 0 Å². The second-order valence-corrected chi connectivity index (χ2v) is 4.67. The molecule has 0 unspecified atom stereocenters. The maximum atomic E-state index is 9.76. The summed E-state index contributed by atoms with van der Waals surface area (Å²) in [5, 5.41) is 9.76. The van der Waals surface area contributed by atoms with E-state index in [0.717, 1.165) is 24.3 Å². The zero-order chi connectivity index (χ0) is 12.1. The van der Waals surface area contributed by atoms with Gasteiger partial charge in [0.1, 0.15) is 0 Å². The Morgan fingerprint density at radius 3 is 2.31 bits per heavy atom. The highest BCUT2D eigenvalue weighted by atomic mass is 16.3. The Balaban J connectivity index is 2.99. The number of benzene rings is 1. The van der Waals surface area contributed by atoms with Crippen LogP contribution in [0.15, 0.2) is 24.3 Å². The number of hydrogen-bond donors (Lipinski definition) is 1. The van der Waals surface area contributed by atoms with E-state index < -0.39 is 6.10 Å². The van der Waals surface area contributed by atoms with Gasteiger partial charge in [-0.2, -0.15) is 0 Å². The fraction of sp³-hybridized carbons (Fsp3) is 0.571. The lowest BCUT2D eigenvalue weighted by atomic mass is 10.1. The Labute approximate surface area is 98.9 Å². The molecule has 0 aliphatic heterocycles. The third kappa shape index (κ3) is 3.24. The van der Waals surface area contributed by atoms with E-state index in [1.54, 1.807) is 0 Å². The Morgan fingerprint density at radius 1 is 1.19 bits per heavy atom. The van der Waals surface area contributed by atoms with Gasteiger partial charge >= 0.3 is 0 Å². The average molecular weight is 221 g/mol. The van der Waals surface area contributed by atoms with Crippen molar-refractivity contribution in [3.63, 3.8) is 0 Å². The van der Waals surface area contributed by atoms with E-state index in [1.165, 1.54) is 0 Å². The maximum Gasteiger partial charge on any atom is 0.0781 e. The van der Waals surface area contributed by atoms with Gasteiger partial charge in [0.15, 0.2) is 0 Å². The molecule has 0 saturated heterocycles. The Kier molecular flexibility index (Phi) is 4.81. The predicted molar refractivity (Wildman–Crippen MR) is 69.8 cm³/mol. The van der Waals surface area contributed by atoms with Gasteiger partial charge in [0.2, 0.25) is 0 Å².